The van der Waals surface area contributed by atoms with Crippen molar-refractivity contribution < 1.29 is 26.3 Å². The summed E-state index contributed by atoms with van der Waals surface area (Å²) in [4.78, 5) is 0. The van der Waals surface area contributed by atoms with E-state index in [1.807, 2.05) is 36.4 Å². The van der Waals surface area contributed by atoms with Crippen molar-refractivity contribution >= 4 is 68.0 Å². The molecule has 2 aromatic heterocycles. The summed E-state index contributed by atoms with van der Waals surface area (Å²) in [6.07, 6.45) is -4.47. The Morgan fingerprint density at radius 1 is 0.528 bits per heavy atom. The fourth-order valence-corrected chi connectivity index (χ4v) is 6.13. The van der Waals surface area contributed by atoms with E-state index in [1.54, 1.807) is 48.5 Å². The minimum Gasteiger partial charge on any atom is -0.338 e. The maximum absolute atomic E-state index is 14.7. The van der Waals surface area contributed by atoms with Crippen molar-refractivity contribution in [3.8, 4) is 22.3 Å². The van der Waals surface area contributed by atoms with Gasteiger partial charge in [-0.2, -0.15) is 23.4 Å². The van der Waals surface area contributed by atoms with Crippen LogP contribution in [0.3, 0.4) is 0 Å². The van der Waals surface area contributed by atoms with Crippen LogP contribution >= 0.6 is 23.2 Å². The molecule has 0 saturated carbocycles. The summed E-state index contributed by atoms with van der Waals surface area (Å²) < 4.78 is 81.2. The number of rotatable bonds is 6. The number of benzene rings is 6. The quantitative estimate of drug-likeness (QED) is 0.127. The van der Waals surface area contributed by atoms with Gasteiger partial charge in [-0.3, -0.25) is 10.2 Å². The molecule has 0 aliphatic rings. The molecular formula is C39H24Cl2F6N6. The molecule has 0 aliphatic carbocycles. The first-order chi connectivity index (χ1) is 25.5. The molecule has 8 rings (SSSR count). The van der Waals surface area contributed by atoms with Gasteiger partial charge in [0.05, 0.1) is 15.6 Å². The van der Waals surface area contributed by atoms with Crippen molar-refractivity contribution in [1.29, 1.82) is 0 Å². The number of alkyl halides is 3. The normalized spacial score (nSPS) is 11.4. The second-order valence-corrected chi connectivity index (χ2v) is 12.4. The molecule has 0 atom stereocenters. The zero-order chi connectivity index (χ0) is 37.3. The van der Waals surface area contributed by atoms with Crippen LogP contribution in [0.1, 0.15) is 5.56 Å². The van der Waals surface area contributed by atoms with Gasteiger partial charge in [-0.05, 0) is 65.7 Å². The summed E-state index contributed by atoms with van der Waals surface area (Å²) in [7, 11) is 0. The standard InChI is InChI=1S/C20H12ClF4N3.C19H12ClF2N3/c21-16-14(11-5-2-1-3-6-11)10-15-18(17(16)22)27-28-19(15)26-13-8-4-7-12(9-13)20(23,24)25;20-16-14(11-4-2-1-3-5-11)10-15-18(17(16)22)24-25-19(15)23-13-8-6-12(21)7-9-13/h1-10H,(H2,26,27,28);1-10H,(H2,23,24,25). The zero-order valence-corrected chi connectivity index (χ0v) is 28.5. The summed E-state index contributed by atoms with van der Waals surface area (Å²) in [5.41, 5.74) is 2.87. The molecule has 0 unspecified atom stereocenters. The third-order valence-corrected chi connectivity index (χ3v) is 8.95. The average molecular weight is 762 g/mol. The van der Waals surface area contributed by atoms with E-state index in [0.29, 0.717) is 39.0 Å². The van der Waals surface area contributed by atoms with Crippen molar-refractivity contribution in [3.05, 3.63) is 154 Å². The fraction of sp³-hybridized carbons (Fsp3) is 0.0256. The molecule has 0 aliphatic heterocycles. The third kappa shape index (κ3) is 7.37. The van der Waals surface area contributed by atoms with Gasteiger partial charge in [-0.25, -0.2) is 13.2 Å². The van der Waals surface area contributed by atoms with Crippen molar-refractivity contribution in [2.45, 2.75) is 6.18 Å². The van der Waals surface area contributed by atoms with Crippen LogP contribution in [0.2, 0.25) is 10.0 Å². The maximum Gasteiger partial charge on any atom is 0.416 e. The number of nitrogens with zero attached hydrogens (tertiary/aromatic N) is 2. The van der Waals surface area contributed by atoms with Crippen LogP contribution in [0.4, 0.5) is 49.4 Å². The van der Waals surface area contributed by atoms with Gasteiger partial charge < -0.3 is 10.6 Å². The van der Waals surface area contributed by atoms with Crippen LogP contribution in [-0.4, -0.2) is 20.4 Å². The van der Waals surface area contributed by atoms with E-state index in [0.717, 1.165) is 17.7 Å². The Labute approximate surface area is 307 Å². The third-order valence-electron chi connectivity index (χ3n) is 8.21. The predicted octanol–water partition coefficient (Wildman–Crippen LogP) is 12.7. The lowest BCUT2D eigenvalue weighted by atomic mass is 10.0. The minimum atomic E-state index is -4.47. The highest BCUT2D eigenvalue weighted by Crippen LogP contribution is 2.39. The zero-order valence-electron chi connectivity index (χ0n) is 27.0. The Balaban J connectivity index is 0.000000165. The SMILES string of the molecule is Fc1c(Cl)c(-c2ccccc2)cc2c(Nc3cccc(C(F)(F)F)c3)n[nH]c12.Fc1ccc(Nc2n[nH]c3c(F)c(Cl)c(-c4ccccc4)cc23)cc1. The highest BCUT2D eigenvalue weighted by Gasteiger charge is 2.30. The van der Waals surface area contributed by atoms with E-state index < -0.39 is 23.4 Å². The Morgan fingerprint density at radius 3 is 1.47 bits per heavy atom. The van der Waals surface area contributed by atoms with Gasteiger partial charge in [-0.15, -0.1) is 0 Å². The number of fused-ring (bicyclic) bond motifs is 2. The maximum atomic E-state index is 14.7. The predicted molar refractivity (Wildman–Crippen MR) is 197 cm³/mol. The summed E-state index contributed by atoms with van der Waals surface area (Å²) in [5, 5.41) is 20.1. The molecule has 8 aromatic rings. The smallest absolute Gasteiger partial charge is 0.338 e. The highest BCUT2D eigenvalue weighted by molar-refractivity contribution is 6.35. The molecule has 0 bridgehead atoms. The van der Waals surface area contributed by atoms with E-state index in [9.17, 15) is 26.3 Å². The molecule has 0 spiro atoms. The summed E-state index contributed by atoms with van der Waals surface area (Å²) in [5.74, 6) is -0.932. The molecule has 0 amide bonds. The van der Waals surface area contributed by atoms with Crippen molar-refractivity contribution in [2.24, 2.45) is 0 Å². The second kappa shape index (κ2) is 14.6. The Kier molecular flexibility index (Phi) is 9.74. The van der Waals surface area contributed by atoms with Gasteiger partial charge in [0.15, 0.2) is 23.3 Å². The van der Waals surface area contributed by atoms with Crippen LogP contribution in [0.25, 0.3) is 44.1 Å². The van der Waals surface area contributed by atoms with E-state index in [1.165, 1.54) is 24.3 Å². The summed E-state index contributed by atoms with van der Waals surface area (Å²) in [6, 6.07) is 32.3. The minimum absolute atomic E-state index is 0.0377. The Morgan fingerprint density at radius 2 is 1.00 bits per heavy atom. The second-order valence-electron chi connectivity index (χ2n) is 11.7. The summed E-state index contributed by atoms with van der Waals surface area (Å²) in [6.45, 7) is 0. The van der Waals surface area contributed by atoms with Crippen molar-refractivity contribution in [3.63, 3.8) is 0 Å². The first-order valence-corrected chi connectivity index (χ1v) is 16.5. The topological polar surface area (TPSA) is 81.4 Å². The fourth-order valence-electron chi connectivity index (χ4n) is 5.61. The Hall–Kier alpha value is -5.98. The number of hydrogen-bond acceptors (Lipinski definition) is 4. The number of hydrogen-bond donors (Lipinski definition) is 4. The van der Waals surface area contributed by atoms with Crippen LogP contribution < -0.4 is 10.6 Å². The van der Waals surface area contributed by atoms with Crippen molar-refractivity contribution in [2.75, 3.05) is 10.6 Å². The van der Waals surface area contributed by atoms with Crippen LogP contribution in [-0.2, 0) is 6.18 Å². The number of aromatic nitrogens is 4. The van der Waals surface area contributed by atoms with Gasteiger partial charge in [-0.1, -0.05) is 89.9 Å². The number of nitrogens with one attached hydrogen (secondary N) is 4. The first-order valence-electron chi connectivity index (χ1n) is 15.8. The molecule has 6 nitrogen and oxygen atoms in total. The molecule has 266 valence electrons. The molecule has 0 fully saturated rings. The first kappa shape index (κ1) is 35.4. The lowest BCUT2D eigenvalue weighted by Crippen LogP contribution is -2.05. The Bertz CT molecular complexity index is 2560. The number of H-pyrrole nitrogens is 2. The van der Waals surface area contributed by atoms with Gasteiger partial charge in [0, 0.05) is 33.3 Å². The number of anilines is 4. The van der Waals surface area contributed by atoms with E-state index in [4.69, 9.17) is 23.2 Å². The van der Waals surface area contributed by atoms with E-state index in [-0.39, 0.29) is 38.4 Å². The molecular weight excluding hydrogens is 737 g/mol. The van der Waals surface area contributed by atoms with Crippen LogP contribution in [0, 0.1) is 17.5 Å². The molecule has 14 heteroatoms. The van der Waals surface area contributed by atoms with E-state index in [2.05, 4.69) is 31.0 Å². The van der Waals surface area contributed by atoms with Crippen LogP contribution in [0.15, 0.2) is 121 Å². The molecule has 53 heavy (non-hydrogen) atoms. The molecule has 0 radical (unpaired) electrons. The van der Waals surface area contributed by atoms with Crippen LogP contribution in [0.5, 0.6) is 0 Å². The molecule has 6 aromatic carbocycles. The monoisotopic (exact) mass is 760 g/mol. The van der Waals surface area contributed by atoms with Gasteiger partial charge in [0.1, 0.15) is 16.9 Å². The van der Waals surface area contributed by atoms with E-state index >= 15 is 0 Å². The lowest BCUT2D eigenvalue weighted by Gasteiger charge is -2.10. The summed E-state index contributed by atoms with van der Waals surface area (Å²) >= 11 is 12.4. The average Bonchev–Trinajstić information content (AvgIpc) is 3.76. The van der Waals surface area contributed by atoms with Crippen molar-refractivity contribution in [1.82, 2.24) is 20.4 Å². The highest BCUT2D eigenvalue weighted by atomic mass is 35.5. The van der Waals surface area contributed by atoms with Gasteiger partial charge >= 0.3 is 6.18 Å². The number of aromatic amines is 2. The molecule has 0 saturated heterocycles. The number of halogens is 8. The molecule has 2 heterocycles. The molecule has 4 N–H and O–H groups in total. The lowest BCUT2D eigenvalue weighted by molar-refractivity contribution is -0.137. The van der Waals surface area contributed by atoms with Gasteiger partial charge in [0.25, 0.3) is 0 Å². The van der Waals surface area contributed by atoms with Gasteiger partial charge in [0.2, 0.25) is 0 Å². The largest absolute Gasteiger partial charge is 0.416 e.